The second kappa shape index (κ2) is 8.44. The van der Waals surface area contributed by atoms with Gasteiger partial charge in [-0.25, -0.2) is 0 Å². The van der Waals surface area contributed by atoms with E-state index in [0.717, 1.165) is 17.5 Å². The van der Waals surface area contributed by atoms with E-state index in [-0.39, 0.29) is 0 Å². The van der Waals surface area contributed by atoms with Crippen molar-refractivity contribution >= 4 is 0 Å². The molecule has 0 N–H and O–H groups in total. The molecule has 2 rings (SSSR count). The Labute approximate surface area is 135 Å². The van der Waals surface area contributed by atoms with Gasteiger partial charge in [-0.2, -0.15) is 0 Å². The predicted octanol–water partition coefficient (Wildman–Crippen LogP) is 5.94. The van der Waals surface area contributed by atoms with Crippen LogP contribution in [0.5, 0.6) is 0 Å². The van der Waals surface area contributed by atoms with Crippen LogP contribution >= 0.6 is 0 Å². The molecule has 0 saturated carbocycles. The maximum absolute atomic E-state index is 3.26. The van der Waals surface area contributed by atoms with Crippen molar-refractivity contribution in [3.8, 4) is 11.8 Å². The number of hydrogen-bond acceptors (Lipinski definition) is 0. The van der Waals surface area contributed by atoms with Gasteiger partial charge in [-0.15, -0.1) is 0 Å². The van der Waals surface area contributed by atoms with Crippen molar-refractivity contribution < 1.29 is 0 Å². The molecular formula is C22H26. The summed E-state index contributed by atoms with van der Waals surface area (Å²) >= 11 is 0. The van der Waals surface area contributed by atoms with Crippen molar-refractivity contribution in [3.63, 3.8) is 0 Å². The average Bonchev–Trinajstić information content (AvgIpc) is 2.57. The normalized spacial score (nSPS) is 10.4. The zero-order chi connectivity index (χ0) is 15.8. The van der Waals surface area contributed by atoms with E-state index < -0.39 is 0 Å². The van der Waals surface area contributed by atoms with Gasteiger partial charge in [0.25, 0.3) is 0 Å². The summed E-state index contributed by atoms with van der Waals surface area (Å²) in [5.41, 5.74) is 5.00. The highest BCUT2D eigenvalue weighted by molar-refractivity contribution is 5.44. The Kier molecular flexibility index (Phi) is 6.28. The Morgan fingerprint density at radius 2 is 1.23 bits per heavy atom. The molecule has 0 amide bonds. The lowest BCUT2D eigenvalue weighted by molar-refractivity contribution is 0.642. The molecule has 0 fully saturated rings. The molecule has 0 atom stereocenters. The summed E-state index contributed by atoms with van der Waals surface area (Å²) in [6.07, 6.45) is 4.73. The second-order valence-electron chi connectivity index (χ2n) is 5.83. The van der Waals surface area contributed by atoms with Gasteiger partial charge in [0.1, 0.15) is 0 Å². The minimum atomic E-state index is 0.674. The fraction of sp³-hybridized carbons (Fsp3) is 0.364. The van der Waals surface area contributed by atoms with Gasteiger partial charge in [-0.05, 0) is 60.6 Å². The van der Waals surface area contributed by atoms with Gasteiger partial charge in [0, 0.05) is 11.1 Å². The fourth-order valence-electron chi connectivity index (χ4n) is 2.79. The Balaban J connectivity index is 2.08. The molecule has 0 spiro atoms. The number of aryl methyl sites for hydroxylation is 1. The van der Waals surface area contributed by atoms with Gasteiger partial charge in [-0.1, -0.05) is 63.3 Å². The molecule has 0 heterocycles. The van der Waals surface area contributed by atoms with Gasteiger partial charge in [0.2, 0.25) is 0 Å². The van der Waals surface area contributed by atoms with Crippen molar-refractivity contribution in [2.24, 2.45) is 0 Å². The van der Waals surface area contributed by atoms with Crippen LogP contribution in [0.3, 0.4) is 0 Å². The van der Waals surface area contributed by atoms with Crippen LogP contribution in [0.15, 0.2) is 48.5 Å². The summed E-state index contributed by atoms with van der Waals surface area (Å²) in [5, 5.41) is 0. The smallest absolute Gasteiger partial charge is 0.0249 e. The minimum Gasteiger partial charge on any atom is -0.0651 e. The predicted molar refractivity (Wildman–Crippen MR) is 96.2 cm³/mol. The van der Waals surface area contributed by atoms with Crippen LogP contribution in [0.2, 0.25) is 0 Å². The molecule has 0 bridgehead atoms. The molecular weight excluding hydrogens is 264 g/mol. The van der Waals surface area contributed by atoms with Gasteiger partial charge >= 0.3 is 0 Å². The maximum Gasteiger partial charge on any atom is 0.0249 e. The third-order valence-electron chi connectivity index (χ3n) is 4.21. The highest BCUT2D eigenvalue weighted by Gasteiger charge is 2.05. The molecule has 2 aromatic carbocycles. The van der Waals surface area contributed by atoms with Crippen LogP contribution < -0.4 is 0 Å². The summed E-state index contributed by atoms with van der Waals surface area (Å²) < 4.78 is 0. The molecule has 0 aliphatic heterocycles. The molecule has 114 valence electrons. The van der Waals surface area contributed by atoms with Gasteiger partial charge < -0.3 is 0 Å². The average molecular weight is 290 g/mol. The summed E-state index contributed by atoms with van der Waals surface area (Å²) in [4.78, 5) is 0. The zero-order valence-electron chi connectivity index (χ0n) is 14.0. The molecule has 2 aromatic rings. The van der Waals surface area contributed by atoms with E-state index in [9.17, 15) is 0 Å². The monoisotopic (exact) mass is 290 g/mol. The summed E-state index contributed by atoms with van der Waals surface area (Å²) in [6.45, 7) is 6.72. The quantitative estimate of drug-likeness (QED) is 0.597. The Morgan fingerprint density at radius 1 is 0.727 bits per heavy atom. The number of rotatable bonds is 5. The van der Waals surface area contributed by atoms with E-state index in [1.54, 1.807) is 0 Å². The van der Waals surface area contributed by atoms with E-state index >= 15 is 0 Å². The molecule has 0 aromatic heterocycles. The van der Waals surface area contributed by atoms with Crippen molar-refractivity contribution in [1.82, 2.24) is 0 Å². The van der Waals surface area contributed by atoms with Crippen molar-refractivity contribution in [3.05, 3.63) is 70.8 Å². The lowest BCUT2D eigenvalue weighted by Gasteiger charge is -2.12. The first-order chi connectivity index (χ1) is 10.8. The van der Waals surface area contributed by atoms with Crippen LogP contribution in [0, 0.1) is 11.8 Å². The fourth-order valence-corrected chi connectivity index (χ4v) is 2.79. The van der Waals surface area contributed by atoms with E-state index in [1.807, 2.05) is 0 Å². The third kappa shape index (κ3) is 4.50. The van der Waals surface area contributed by atoms with Crippen LogP contribution in [0.4, 0.5) is 0 Å². The van der Waals surface area contributed by atoms with Crippen LogP contribution in [-0.4, -0.2) is 0 Å². The lowest BCUT2D eigenvalue weighted by atomic mass is 9.93. The molecule has 0 heteroatoms. The first kappa shape index (κ1) is 16.4. The maximum atomic E-state index is 3.26. The SMILES string of the molecule is CCCc1ccc(C#Cc2ccc(C(CC)CC)cc2)cc1. The molecule has 0 radical (unpaired) electrons. The summed E-state index contributed by atoms with van der Waals surface area (Å²) in [6, 6.07) is 17.4. The molecule has 0 aliphatic carbocycles. The lowest BCUT2D eigenvalue weighted by Crippen LogP contribution is -1.94. The van der Waals surface area contributed by atoms with Crippen LogP contribution in [0.1, 0.15) is 68.2 Å². The largest absolute Gasteiger partial charge is 0.0651 e. The number of benzene rings is 2. The molecule has 0 nitrogen and oxygen atoms in total. The van der Waals surface area contributed by atoms with Crippen LogP contribution in [0.25, 0.3) is 0 Å². The topological polar surface area (TPSA) is 0 Å². The van der Waals surface area contributed by atoms with E-state index in [1.165, 1.54) is 30.4 Å². The highest BCUT2D eigenvalue weighted by Crippen LogP contribution is 2.22. The second-order valence-corrected chi connectivity index (χ2v) is 5.83. The first-order valence-electron chi connectivity index (χ1n) is 8.47. The summed E-state index contributed by atoms with van der Waals surface area (Å²) in [5.74, 6) is 7.20. The molecule has 0 unspecified atom stereocenters. The zero-order valence-corrected chi connectivity index (χ0v) is 14.0. The molecule has 0 saturated heterocycles. The third-order valence-corrected chi connectivity index (χ3v) is 4.21. The Morgan fingerprint density at radius 3 is 1.68 bits per heavy atom. The Bertz CT molecular complexity index is 616. The molecule has 0 aliphatic rings. The number of hydrogen-bond donors (Lipinski definition) is 0. The van der Waals surface area contributed by atoms with Gasteiger partial charge in [0.05, 0.1) is 0 Å². The highest BCUT2D eigenvalue weighted by atomic mass is 14.1. The van der Waals surface area contributed by atoms with Gasteiger partial charge in [-0.3, -0.25) is 0 Å². The van der Waals surface area contributed by atoms with Crippen LogP contribution in [-0.2, 0) is 6.42 Å². The standard InChI is InChI=1S/C22H26/c1-4-7-18-8-10-19(11-9-18)12-13-20-14-16-22(17-15-20)21(5-2)6-3/h8-11,14-17,21H,4-7H2,1-3H3. The van der Waals surface area contributed by atoms with E-state index in [2.05, 4.69) is 81.1 Å². The summed E-state index contributed by atoms with van der Waals surface area (Å²) in [7, 11) is 0. The molecule has 22 heavy (non-hydrogen) atoms. The van der Waals surface area contributed by atoms with E-state index in [4.69, 9.17) is 0 Å². The van der Waals surface area contributed by atoms with Crippen molar-refractivity contribution in [2.75, 3.05) is 0 Å². The Hall–Kier alpha value is -2.00. The first-order valence-corrected chi connectivity index (χ1v) is 8.47. The van der Waals surface area contributed by atoms with Gasteiger partial charge in [0.15, 0.2) is 0 Å². The van der Waals surface area contributed by atoms with Crippen molar-refractivity contribution in [2.45, 2.75) is 52.4 Å². The van der Waals surface area contributed by atoms with Crippen molar-refractivity contribution in [1.29, 1.82) is 0 Å². The minimum absolute atomic E-state index is 0.674. The van der Waals surface area contributed by atoms with E-state index in [0.29, 0.717) is 5.92 Å².